The fourth-order valence-corrected chi connectivity index (χ4v) is 4.16. The van der Waals surface area contributed by atoms with Crippen LogP contribution in [0.25, 0.3) is 5.65 Å². The maximum absolute atomic E-state index is 13.4. The van der Waals surface area contributed by atoms with Gasteiger partial charge in [-0.25, -0.2) is 23.5 Å². The average molecular weight is 684 g/mol. The lowest BCUT2D eigenvalue weighted by molar-refractivity contribution is -0.120. The highest BCUT2D eigenvalue weighted by Crippen LogP contribution is 2.22. The van der Waals surface area contributed by atoms with Crippen molar-refractivity contribution < 1.29 is 33.4 Å². The Balaban J connectivity index is 0.000000295. The van der Waals surface area contributed by atoms with Crippen LogP contribution in [0.15, 0.2) is 64.3 Å². The molecule has 250 valence electrons. The van der Waals surface area contributed by atoms with Crippen LogP contribution in [0, 0.1) is 5.82 Å². The monoisotopic (exact) mass is 683 g/mol. The standard InChI is InChI=1S/C18H16N6O6.C11H10FN3O2.ClH/c1-30-18(29)9-4-2-8(3-5-9)13(14(20)25)23-16(26)11-6-12(17(27)28)24-15(22-11)10(19)7-21-24;12-6-2-1-5(4-13)3-7(6)15-9-8(14)10(16)11(9)17;/h2-7,13H,19H2,1H3,(H2,20,25)(H,23,26)(H,27,28);1-3,15H,4,13-14H2;1H/t13-;;/m1../s1. The maximum atomic E-state index is 13.4. The normalized spacial score (nSPS) is 11.1. The largest absolute Gasteiger partial charge is 0.477 e. The summed E-state index contributed by atoms with van der Waals surface area (Å²) in [6, 6.07) is 9.62. The highest BCUT2D eigenvalue weighted by Gasteiger charge is 2.25. The van der Waals surface area contributed by atoms with E-state index in [1.165, 1.54) is 55.8 Å². The summed E-state index contributed by atoms with van der Waals surface area (Å²) in [5, 5.41) is 18.1. The highest BCUT2D eigenvalue weighted by molar-refractivity contribution is 5.99. The summed E-state index contributed by atoms with van der Waals surface area (Å²) in [5.74, 6) is -4.21. The number of amides is 2. The summed E-state index contributed by atoms with van der Waals surface area (Å²) in [6.07, 6.45) is 1.20. The predicted molar refractivity (Wildman–Crippen MR) is 172 cm³/mol. The third-order valence-corrected chi connectivity index (χ3v) is 6.65. The number of ether oxygens (including phenoxy) is 1. The molecule has 0 saturated carbocycles. The summed E-state index contributed by atoms with van der Waals surface area (Å²) in [5.41, 5.74) is 20.8. The Bertz CT molecular complexity index is 2110. The zero-order valence-electron chi connectivity index (χ0n) is 24.7. The van der Waals surface area contributed by atoms with Crippen molar-refractivity contribution in [3.05, 3.63) is 109 Å². The van der Waals surface area contributed by atoms with Gasteiger partial charge in [-0.05, 0) is 35.4 Å². The minimum absolute atomic E-state index is 0. The van der Waals surface area contributed by atoms with Gasteiger partial charge in [0.2, 0.25) is 5.91 Å². The Morgan fingerprint density at radius 2 is 1.71 bits per heavy atom. The van der Waals surface area contributed by atoms with Gasteiger partial charge in [0.1, 0.15) is 28.9 Å². The number of halogens is 2. The van der Waals surface area contributed by atoms with Gasteiger partial charge in [-0.1, -0.05) is 18.2 Å². The molecule has 0 saturated heterocycles. The average Bonchev–Trinajstić information content (AvgIpc) is 3.45. The summed E-state index contributed by atoms with van der Waals surface area (Å²) in [4.78, 5) is 73.7. The number of nitrogens with one attached hydrogen (secondary N) is 2. The summed E-state index contributed by atoms with van der Waals surface area (Å²) in [7, 11) is 1.23. The number of hydrogen-bond donors (Lipinski definition) is 7. The number of benzene rings is 2. The molecule has 3 aromatic carbocycles. The molecule has 5 aromatic rings. The molecule has 2 amide bonds. The van der Waals surface area contributed by atoms with Crippen molar-refractivity contribution in [2.45, 2.75) is 12.6 Å². The molecule has 0 spiro atoms. The first-order valence-corrected chi connectivity index (χ1v) is 13.3. The fourth-order valence-electron chi connectivity index (χ4n) is 4.16. The number of aromatic nitrogens is 3. The Morgan fingerprint density at radius 3 is 2.27 bits per heavy atom. The Hall–Kier alpha value is -6.40. The van der Waals surface area contributed by atoms with E-state index in [4.69, 9.17) is 22.9 Å². The van der Waals surface area contributed by atoms with Gasteiger partial charge >= 0.3 is 11.9 Å². The van der Waals surface area contributed by atoms with Crippen molar-refractivity contribution in [3.63, 3.8) is 0 Å². The van der Waals surface area contributed by atoms with Crippen LogP contribution in [0.4, 0.5) is 27.1 Å². The number of methoxy groups -OCH3 is 1. The van der Waals surface area contributed by atoms with Crippen LogP contribution in [0.1, 0.15) is 48.5 Å². The predicted octanol–water partition coefficient (Wildman–Crippen LogP) is 0.381. The van der Waals surface area contributed by atoms with Gasteiger partial charge in [-0.2, -0.15) is 5.10 Å². The van der Waals surface area contributed by atoms with Gasteiger partial charge < -0.3 is 43.4 Å². The molecule has 2 heterocycles. The van der Waals surface area contributed by atoms with E-state index in [2.05, 4.69) is 25.5 Å². The number of nitrogens with zero attached hydrogens (tertiary/aromatic N) is 3. The molecule has 48 heavy (non-hydrogen) atoms. The molecule has 17 nitrogen and oxygen atoms in total. The molecular formula is C29H27ClFN9O8. The van der Waals surface area contributed by atoms with Crippen LogP contribution in [-0.4, -0.2) is 50.6 Å². The first-order valence-electron chi connectivity index (χ1n) is 13.3. The number of carboxylic acid groups (broad SMARTS) is 1. The lowest BCUT2D eigenvalue weighted by Crippen LogP contribution is -2.38. The van der Waals surface area contributed by atoms with Crippen molar-refractivity contribution in [2.24, 2.45) is 11.5 Å². The number of hydrogen-bond acceptors (Lipinski definition) is 13. The van der Waals surface area contributed by atoms with E-state index in [-0.39, 0.29) is 64.3 Å². The number of anilines is 4. The van der Waals surface area contributed by atoms with Crippen LogP contribution in [0.2, 0.25) is 0 Å². The van der Waals surface area contributed by atoms with Gasteiger partial charge in [0.15, 0.2) is 11.3 Å². The highest BCUT2D eigenvalue weighted by atomic mass is 35.5. The number of primary amides is 1. The van der Waals surface area contributed by atoms with Crippen LogP contribution >= 0.6 is 12.4 Å². The lowest BCUT2D eigenvalue weighted by Gasteiger charge is -2.16. The van der Waals surface area contributed by atoms with Crippen LogP contribution in [0.5, 0.6) is 0 Å². The zero-order chi connectivity index (χ0) is 34.6. The Kier molecular flexibility index (Phi) is 11.1. The SMILES string of the molecule is COC(=O)c1ccc([C@@H](NC(=O)c2cc(C(=O)O)n3ncc(N)c3n2)C(N)=O)cc1.Cl.NCc1ccc(F)c(Nc2c(N)c(=O)c2=O)c1. The molecule has 0 unspecified atom stereocenters. The number of aromatic carboxylic acids is 1. The van der Waals surface area contributed by atoms with Crippen molar-refractivity contribution in [1.29, 1.82) is 0 Å². The molecule has 11 N–H and O–H groups in total. The second kappa shape index (κ2) is 14.8. The molecule has 1 atom stereocenters. The number of nitrogen functional groups attached to an aromatic ring is 2. The molecular weight excluding hydrogens is 657 g/mol. The number of carboxylic acids is 1. The van der Waals surface area contributed by atoms with Crippen molar-refractivity contribution >= 4 is 64.6 Å². The third kappa shape index (κ3) is 7.35. The molecule has 0 bridgehead atoms. The third-order valence-electron chi connectivity index (χ3n) is 6.65. The van der Waals surface area contributed by atoms with Gasteiger partial charge in [0.25, 0.3) is 16.8 Å². The zero-order valence-corrected chi connectivity index (χ0v) is 25.5. The molecule has 0 aliphatic carbocycles. The van der Waals surface area contributed by atoms with Crippen molar-refractivity contribution in [3.8, 4) is 0 Å². The minimum Gasteiger partial charge on any atom is -0.477 e. The number of carbonyl (C=O) groups is 4. The van der Waals surface area contributed by atoms with Gasteiger partial charge in [-0.15, -0.1) is 12.4 Å². The van der Waals surface area contributed by atoms with E-state index in [1.54, 1.807) is 0 Å². The number of esters is 1. The van der Waals surface area contributed by atoms with Gasteiger partial charge in [0.05, 0.1) is 30.2 Å². The topological polar surface area (TPSA) is 290 Å². The quantitative estimate of drug-likeness (QED) is 0.0816. The van der Waals surface area contributed by atoms with Crippen LogP contribution in [0.3, 0.4) is 0 Å². The Morgan fingerprint density at radius 1 is 1.04 bits per heavy atom. The number of nitrogens with two attached hydrogens (primary N) is 4. The van der Waals surface area contributed by atoms with Gasteiger partial charge in [0, 0.05) is 12.6 Å². The van der Waals surface area contributed by atoms with Crippen LogP contribution < -0.4 is 44.4 Å². The minimum atomic E-state index is -1.36. The van der Waals surface area contributed by atoms with E-state index in [0.717, 1.165) is 10.6 Å². The molecule has 2 aromatic heterocycles. The van der Waals surface area contributed by atoms with Gasteiger partial charge in [-0.3, -0.25) is 19.2 Å². The summed E-state index contributed by atoms with van der Waals surface area (Å²) < 4.78 is 19.0. The second-order valence-electron chi connectivity index (χ2n) is 9.68. The number of carbonyl (C=O) groups excluding carboxylic acids is 3. The van der Waals surface area contributed by atoms with E-state index in [9.17, 15) is 38.3 Å². The maximum Gasteiger partial charge on any atom is 0.354 e. The summed E-state index contributed by atoms with van der Waals surface area (Å²) in [6.45, 7) is 0.246. The molecule has 0 radical (unpaired) electrons. The Labute approximate surface area is 274 Å². The molecule has 5 rings (SSSR count). The number of fused-ring (bicyclic) bond motifs is 1. The first-order chi connectivity index (χ1) is 22.3. The van der Waals surface area contributed by atoms with E-state index < -0.39 is 46.5 Å². The first kappa shape index (κ1) is 36.1. The van der Waals surface area contributed by atoms with Crippen molar-refractivity contribution in [1.82, 2.24) is 19.9 Å². The number of rotatable bonds is 9. The molecule has 0 aliphatic rings. The lowest BCUT2D eigenvalue weighted by atomic mass is 10.0. The van der Waals surface area contributed by atoms with E-state index in [1.807, 2.05) is 0 Å². The fraction of sp³-hybridized carbons (Fsp3) is 0.103. The smallest absolute Gasteiger partial charge is 0.354 e. The van der Waals surface area contributed by atoms with Crippen LogP contribution in [-0.2, 0) is 16.1 Å². The van der Waals surface area contributed by atoms with E-state index in [0.29, 0.717) is 11.1 Å². The molecule has 0 aliphatic heterocycles. The summed E-state index contributed by atoms with van der Waals surface area (Å²) >= 11 is 0. The second-order valence-corrected chi connectivity index (χ2v) is 9.68. The van der Waals surface area contributed by atoms with Crippen molar-refractivity contribution in [2.75, 3.05) is 23.9 Å². The molecule has 0 fully saturated rings. The molecule has 19 heteroatoms. The van der Waals surface area contributed by atoms with E-state index >= 15 is 0 Å².